The maximum absolute atomic E-state index is 4.49. The van der Waals surface area contributed by atoms with Crippen molar-refractivity contribution in [2.45, 2.75) is 25.8 Å². The third-order valence-electron chi connectivity index (χ3n) is 2.26. The van der Waals surface area contributed by atoms with Crippen molar-refractivity contribution in [2.75, 3.05) is 0 Å². The van der Waals surface area contributed by atoms with Gasteiger partial charge in [-0.25, -0.2) is 0 Å². The van der Waals surface area contributed by atoms with Crippen molar-refractivity contribution in [1.82, 2.24) is 0 Å². The third-order valence-corrected chi connectivity index (χ3v) is 2.26. The maximum Gasteiger partial charge on any atom is 0.0745 e. The fraction of sp³-hybridized carbons (Fsp3) is 0.500. The summed E-state index contributed by atoms with van der Waals surface area (Å²) in [5, 5.41) is 0. The first-order valence-corrected chi connectivity index (χ1v) is 4.28. The van der Waals surface area contributed by atoms with Crippen LogP contribution in [0.25, 0.3) is 0 Å². The van der Waals surface area contributed by atoms with Crippen molar-refractivity contribution < 1.29 is 0 Å². The van der Waals surface area contributed by atoms with Gasteiger partial charge in [-0.1, -0.05) is 25.2 Å². The normalized spacial score (nSPS) is 34.8. The molecule has 0 spiro atoms. The van der Waals surface area contributed by atoms with Crippen LogP contribution in [0.15, 0.2) is 28.8 Å². The van der Waals surface area contributed by atoms with Gasteiger partial charge in [0.25, 0.3) is 0 Å². The molecule has 2 unspecified atom stereocenters. The number of dihydropyridines is 1. The van der Waals surface area contributed by atoms with E-state index in [1.54, 1.807) is 0 Å². The van der Waals surface area contributed by atoms with Crippen LogP contribution in [0.1, 0.15) is 19.8 Å². The van der Waals surface area contributed by atoms with Gasteiger partial charge in [0.1, 0.15) is 0 Å². The topological polar surface area (TPSA) is 12.4 Å². The molecule has 58 valence electrons. The van der Waals surface area contributed by atoms with Crippen molar-refractivity contribution in [3.8, 4) is 0 Å². The maximum atomic E-state index is 4.49. The molecule has 1 aliphatic heterocycles. The van der Waals surface area contributed by atoms with Gasteiger partial charge in [0.2, 0.25) is 0 Å². The van der Waals surface area contributed by atoms with Gasteiger partial charge < -0.3 is 0 Å². The summed E-state index contributed by atoms with van der Waals surface area (Å²) in [4.78, 5) is 4.49. The second-order valence-corrected chi connectivity index (χ2v) is 3.32. The van der Waals surface area contributed by atoms with E-state index >= 15 is 0 Å². The lowest BCUT2D eigenvalue weighted by Crippen LogP contribution is -2.16. The number of rotatable bonds is 0. The van der Waals surface area contributed by atoms with Gasteiger partial charge in [0.05, 0.1) is 6.04 Å². The predicted molar refractivity (Wildman–Crippen MR) is 47.9 cm³/mol. The lowest BCUT2D eigenvalue weighted by atomic mass is 9.91. The molecule has 1 heterocycles. The highest BCUT2D eigenvalue weighted by atomic mass is 14.8. The van der Waals surface area contributed by atoms with E-state index in [0.29, 0.717) is 12.0 Å². The minimum Gasteiger partial charge on any atom is -0.289 e. The second kappa shape index (κ2) is 2.65. The number of hydrogen-bond donors (Lipinski definition) is 0. The minimum absolute atomic E-state index is 0.483. The molecule has 1 heteroatoms. The molecule has 0 radical (unpaired) electrons. The Morgan fingerprint density at radius 2 is 2.45 bits per heavy atom. The summed E-state index contributed by atoms with van der Waals surface area (Å²) in [6.07, 6.45) is 11.2. The predicted octanol–water partition coefficient (Wildman–Crippen LogP) is 2.35. The molecule has 0 saturated carbocycles. The average molecular weight is 147 g/mol. The highest BCUT2D eigenvalue weighted by Gasteiger charge is 2.16. The van der Waals surface area contributed by atoms with E-state index in [4.69, 9.17) is 0 Å². The first kappa shape index (κ1) is 6.84. The molecule has 0 saturated heterocycles. The van der Waals surface area contributed by atoms with Crippen molar-refractivity contribution in [1.29, 1.82) is 0 Å². The quantitative estimate of drug-likeness (QED) is 0.498. The summed E-state index contributed by atoms with van der Waals surface area (Å²) >= 11 is 0. The van der Waals surface area contributed by atoms with Crippen LogP contribution < -0.4 is 0 Å². The molecule has 2 atom stereocenters. The average Bonchev–Trinajstić information content (AvgIpc) is 2.04. The molecule has 2 aliphatic rings. The van der Waals surface area contributed by atoms with E-state index in [2.05, 4.69) is 36.4 Å². The molecule has 0 aromatic carbocycles. The Balaban J connectivity index is 2.26. The molecule has 2 rings (SSSR count). The van der Waals surface area contributed by atoms with E-state index in [9.17, 15) is 0 Å². The molecule has 1 aliphatic carbocycles. The Labute approximate surface area is 67.5 Å². The molecule has 0 fully saturated rings. The van der Waals surface area contributed by atoms with E-state index in [-0.39, 0.29) is 0 Å². The summed E-state index contributed by atoms with van der Waals surface area (Å²) in [7, 11) is 0. The van der Waals surface area contributed by atoms with Crippen molar-refractivity contribution in [3.63, 3.8) is 0 Å². The lowest BCUT2D eigenvalue weighted by molar-refractivity contribution is 0.676. The number of fused-ring (bicyclic) bond motifs is 1. The molecule has 11 heavy (non-hydrogen) atoms. The van der Waals surface area contributed by atoms with Crippen molar-refractivity contribution >= 4 is 6.21 Å². The van der Waals surface area contributed by atoms with Crippen LogP contribution >= 0.6 is 0 Å². The van der Waals surface area contributed by atoms with Gasteiger partial charge in [0.15, 0.2) is 0 Å². The first-order chi connectivity index (χ1) is 5.36. The van der Waals surface area contributed by atoms with E-state index < -0.39 is 0 Å². The smallest absolute Gasteiger partial charge is 0.0745 e. The summed E-state index contributed by atoms with van der Waals surface area (Å²) in [6, 6.07) is 0.483. The Morgan fingerprint density at radius 3 is 3.36 bits per heavy atom. The van der Waals surface area contributed by atoms with Gasteiger partial charge in [-0.3, -0.25) is 4.99 Å². The SMILES string of the molecule is CC1C=NC2CCC=CC2=C1. The van der Waals surface area contributed by atoms with Crippen LogP contribution in [0, 0.1) is 5.92 Å². The van der Waals surface area contributed by atoms with E-state index in [1.807, 2.05) is 0 Å². The van der Waals surface area contributed by atoms with E-state index in [0.717, 1.165) is 0 Å². The Bertz CT molecular complexity index is 235. The highest BCUT2D eigenvalue weighted by molar-refractivity contribution is 5.66. The van der Waals surface area contributed by atoms with Gasteiger partial charge in [-0.05, 0) is 18.4 Å². The van der Waals surface area contributed by atoms with Crippen molar-refractivity contribution in [3.05, 3.63) is 23.8 Å². The monoisotopic (exact) mass is 147 g/mol. The fourth-order valence-electron chi connectivity index (χ4n) is 1.66. The zero-order valence-electron chi connectivity index (χ0n) is 6.83. The van der Waals surface area contributed by atoms with Crippen LogP contribution in [0.3, 0.4) is 0 Å². The summed E-state index contributed by atoms with van der Waals surface area (Å²) in [5.74, 6) is 0.531. The fourth-order valence-corrected chi connectivity index (χ4v) is 1.66. The largest absolute Gasteiger partial charge is 0.289 e. The first-order valence-electron chi connectivity index (χ1n) is 4.28. The number of aliphatic imine (C=N–C) groups is 1. The summed E-state index contributed by atoms with van der Waals surface area (Å²) < 4.78 is 0. The minimum atomic E-state index is 0.483. The third kappa shape index (κ3) is 1.28. The highest BCUT2D eigenvalue weighted by Crippen LogP contribution is 2.24. The zero-order chi connectivity index (χ0) is 7.68. The van der Waals surface area contributed by atoms with Gasteiger partial charge in [-0.15, -0.1) is 0 Å². The van der Waals surface area contributed by atoms with Gasteiger partial charge in [0, 0.05) is 12.1 Å². The molecule has 1 nitrogen and oxygen atoms in total. The lowest BCUT2D eigenvalue weighted by Gasteiger charge is -2.21. The molecule has 0 aromatic rings. The van der Waals surface area contributed by atoms with Crippen LogP contribution in [-0.2, 0) is 0 Å². The van der Waals surface area contributed by atoms with Crippen LogP contribution in [0.5, 0.6) is 0 Å². The van der Waals surface area contributed by atoms with Gasteiger partial charge in [-0.2, -0.15) is 0 Å². The van der Waals surface area contributed by atoms with Crippen LogP contribution in [0.4, 0.5) is 0 Å². The summed E-state index contributed by atoms with van der Waals surface area (Å²) in [5.41, 5.74) is 1.42. The zero-order valence-corrected chi connectivity index (χ0v) is 6.83. The molecule has 0 N–H and O–H groups in total. The molecular weight excluding hydrogens is 134 g/mol. The second-order valence-electron chi connectivity index (χ2n) is 3.32. The Kier molecular flexibility index (Phi) is 1.65. The Hall–Kier alpha value is -0.850. The summed E-state index contributed by atoms with van der Waals surface area (Å²) in [6.45, 7) is 2.18. The standard InChI is InChI=1S/C10H13N/c1-8-6-9-4-2-3-5-10(9)11-7-8/h2,4,6-8,10H,3,5H2,1H3. The van der Waals surface area contributed by atoms with Crippen LogP contribution in [-0.4, -0.2) is 12.3 Å². The van der Waals surface area contributed by atoms with Crippen molar-refractivity contribution in [2.24, 2.45) is 10.9 Å². The van der Waals surface area contributed by atoms with Crippen LogP contribution in [0.2, 0.25) is 0 Å². The number of nitrogens with zero attached hydrogens (tertiary/aromatic N) is 1. The molecule has 0 bridgehead atoms. The number of hydrogen-bond acceptors (Lipinski definition) is 1. The van der Waals surface area contributed by atoms with E-state index in [1.165, 1.54) is 18.4 Å². The van der Waals surface area contributed by atoms with Gasteiger partial charge >= 0.3 is 0 Å². The molecule has 0 amide bonds. The molecular formula is C10H13N. The number of allylic oxidation sites excluding steroid dienone is 2. The molecule has 0 aromatic heterocycles. The Morgan fingerprint density at radius 1 is 1.55 bits per heavy atom.